The van der Waals surface area contributed by atoms with E-state index in [1.54, 1.807) is 17.0 Å². The molecule has 2 heterocycles. The van der Waals surface area contributed by atoms with E-state index < -0.39 is 11.9 Å². The van der Waals surface area contributed by atoms with Gasteiger partial charge in [0, 0.05) is 17.8 Å². The molecule has 6 heteroatoms. The Morgan fingerprint density at radius 3 is 2.90 bits per heavy atom. The number of likely N-dealkylation sites (tertiary alicyclic amines) is 1. The zero-order chi connectivity index (χ0) is 15.0. The normalized spacial score (nSPS) is 18.9. The van der Waals surface area contributed by atoms with E-state index in [9.17, 15) is 14.0 Å². The SMILES string of the molecule is O=C(O)C1CCCN(C(=O)c2cc3ccc(F)cc3s2)C1. The smallest absolute Gasteiger partial charge is 0.308 e. The van der Waals surface area contributed by atoms with Crippen molar-refractivity contribution >= 4 is 33.3 Å². The van der Waals surface area contributed by atoms with Gasteiger partial charge in [-0.1, -0.05) is 6.07 Å². The largest absolute Gasteiger partial charge is 0.481 e. The second kappa shape index (κ2) is 5.44. The van der Waals surface area contributed by atoms with E-state index in [0.717, 1.165) is 10.1 Å². The van der Waals surface area contributed by atoms with Crippen LogP contribution < -0.4 is 0 Å². The van der Waals surface area contributed by atoms with Gasteiger partial charge in [-0.15, -0.1) is 11.3 Å². The van der Waals surface area contributed by atoms with Crippen LogP contribution in [0.3, 0.4) is 0 Å². The zero-order valence-electron chi connectivity index (χ0n) is 11.2. The summed E-state index contributed by atoms with van der Waals surface area (Å²) in [5.41, 5.74) is 0. The topological polar surface area (TPSA) is 57.6 Å². The first-order valence-corrected chi connectivity index (χ1v) is 7.57. The second-order valence-electron chi connectivity index (χ2n) is 5.22. The van der Waals surface area contributed by atoms with Crippen LogP contribution in [0.2, 0.25) is 0 Å². The molecule has 4 nitrogen and oxygen atoms in total. The Kier molecular flexibility index (Phi) is 3.63. The summed E-state index contributed by atoms with van der Waals surface area (Å²) in [4.78, 5) is 25.6. The summed E-state index contributed by atoms with van der Waals surface area (Å²) >= 11 is 1.24. The molecule has 1 aliphatic heterocycles. The third-order valence-electron chi connectivity index (χ3n) is 3.75. The van der Waals surface area contributed by atoms with Crippen LogP contribution in [0.15, 0.2) is 24.3 Å². The molecular weight excluding hydrogens is 293 g/mol. The van der Waals surface area contributed by atoms with Gasteiger partial charge < -0.3 is 10.0 Å². The number of nitrogens with zero attached hydrogens (tertiary/aromatic N) is 1. The maximum absolute atomic E-state index is 13.2. The Balaban J connectivity index is 1.84. The first-order chi connectivity index (χ1) is 10.0. The standard InChI is InChI=1S/C15H14FNO3S/c16-11-4-3-9-6-13(21-12(9)7-11)14(18)17-5-1-2-10(8-17)15(19)20/h3-4,6-7,10H,1-2,5,8H2,(H,19,20). The highest BCUT2D eigenvalue weighted by atomic mass is 32.1. The number of piperidine rings is 1. The van der Waals surface area contributed by atoms with E-state index in [4.69, 9.17) is 5.11 Å². The minimum absolute atomic E-state index is 0.164. The van der Waals surface area contributed by atoms with Crippen LogP contribution in [0, 0.1) is 11.7 Å². The predicted octanol–water partition coefficient (Wildman–Crippen LogP) is 2.98. The molecule has 0 radical (unpaired) electrons. The fourth-order valence-corrected chi connectivity index (χ4v) is 3.68. The van der Waals surface area contributed by atoms with E-state index in [0.29, 0.717) is 24.3 Å². The molecule has 1 fully saturated rings. The second-order valence-corrected chi connectivity index (χ2v) is 6.31. The van der Waals surface area contributed by atoms with E-state index in [1.807, 2.05) is 0 Å². The maximum Gasteiger partial charge on any atom is 0.308 e. The summed E-state index contributed by atoms with van der Waals surface area (Å²) in [5.74, 6) is -1.84. The van der Waals surface area contributed by atoms with Crippen molar-refractivity contribution in [2.24, 2.45) is 5.92 Å². The predicted molar refractivity (Wildman–Crippen MR) is 78.0 cm³/mol. The van der Waals surface area contributed by atoms with Crippen molar-refractivity contribution in [2.75, 3.05) is 13.1 Å². The van der Waals surface area contributed by atoms with Gasteiger partial charge in [-0.2, -0.15) is 0 Å². The van der Waals surface area contributed by atoms with Gasteiger partial charge in [0.2, 0.25) is 0 Å². The molecule has 1 unspecified atom stereocenters. The molecule has 1 aliphatic rings. The third kappa shape index (κ3) is 2.76. The third-order valence-corrected chi connectivity index (χ3v) is 4.84. The average molecular weight is 307 g/mol. The first kappa shape index (κ1) is 14.0. The number of amides is 1. The molecule has 0 spiro atoms. The Hall–Kier alpha value is -1.95. The molecular formula is C15H14FNO3S. The molecule has 1 atom stereocenters. The van der Waals surface area contributed by atoms with Crippen molar-refractivity contribution < 1.29 is 19.1 Å². The number of halogens is 1. The van der Waals surface area contributed by atoms with Crippen LogP contribution in [-0.4, -0.2) is 35.0 Å². The fraction of sp³-hybridized carbons (Fsp3) is 0.333. The molecule has 1 amide bonds. The van der Waals surface area contributed by atoms with Crippen LogP contribution in [0.5, 0.6) is 0 Å². The van der Waals surface area contributed by atoms with E-state index in [-0.39, 0.29) is 18.3 Å². The monoisotopic (exact) mass is 307 g/mol. The van der Waals surface area contributed by atoms with Crippen LogP contribution >= 0.6 is 11.3 Å². The number of rotatable bonds is 2. The number of aliphatic carboxylic acids is 1. The van der Waals surface area contributed by atoms with Crippen molar-refractivity contribution in [2.45, 2.75) is 12.8 Å². The number of carboxylic acid groups (broad SMARTS) is 1. The molecule has 110 valence electrons. The summed E-state index contributed by atoms with van der Waals surface area (Å²) < 4.78 is 13.9. The van der Waals surface area contributed by atoms with Gasteiger partial charge >= 0.3 is 5.97 Å². The number of benzene rings is 1. The Labute approximate surface area is 124 Å². The number of carbonyl (C=O) groups excluding carboxylic acids is 1. The fourth-order valence-electron chi connectivity index (χ4n) is 2.63. The van der Waals surface area contributed by atoms with Gasteiger partial charge in [0.1, 0.15) is 5.82 Å². The highest BCUT2D eigenvalue weighted by Gasteiger charge is 2.29. The molecule has 1 saturated heterocycles. The van der Waals surface area contributed by atoms with Crippen molar-refractivity contribution in [3.8, 4) is 0 Å². The summed E-state index contributed by atoms with van der Waals surface area (Å²) in [7, 11) is 0. The van der Waals surface area contributed by atoms with E-state index in [2.05, 4.69) is 0 Å². The summed E-state index contributed by atoms with van der Waals surface area (Å²) in [6.45, 7) is 0.821. The number of hydrogen-bond acceptors (Lipinski definition) is 3. The van der Waals surface area contributed by atoms with Gasteiger partial charge in [-0.05, 0) is 36.4 Å². The van der Waals surface area contributed by atoms with Crippen LogP contribution in [0.1, 0.15) is 22.5 Å². The van der Waals surface area contributed by atoms with Crippen molar-refractivity contribution in [3.63, 3.8) is 0 Å². The molecule has 2 aromatic rings. The van der Waals surface area contributed by atoms with Gasteiger partial charge in [-0.3, -0.25) is 9.59 Å². The highest BCUT2D eigenvalue weighted by Crippen LogP contribution is 2.28. The Bertz CT molecular complexity index is 712. The van der Waals surface area contributed by atoms with Crippen LogP contribution in [0.25, 0.3) is 10.1 Å². The minimum Gasteiger partial charge on any atom is -0.481 e. The first-order valence-electron chi connectivity index (χ1n) is 6.76. The van der Waals surface area contributed by atoms with Gasteiger partial charge in [0.05, 0.1) is 10.8 Å². The number of carboxylic acids is 1. The number of carbonyl (C=O) groups is 2. The lowest BCUT2D eigenvalue weighted by molar-refractivity contribution is -0.143. The lowest BCUT2D eigenvalue weighted by Crippen LogP contribution is -2.42. The number of fused-ring (bicyclic) bond motifs is 1. The van der Waals surface area contributed by atoms with Gasteiger partial charge in [0.25, 0.3) is 5.91 Å². The van der Waals surface area contributed by atoms with E-state index in [1.165, 1.54) is 23.5 Å². The number of thiophene rings is 1. The van der Waals surface area contributed by atoms with Crippen LogP contribution in [-0.2, 0) is 4.79 Å². The lowest BCUT2D eigenvalue weighted by atomic mass is 9.98. The molecule has 1 N–H and O–H groups in total. The van der Waals surface area contributed by atoms with E-state index >= 15 is 0 Å². The zero-order valence-corrected chi connectivity index (χ0v) is 12.0. The quantitative estimate of drug-likeness (QED) is 0.928. The van der Waals surface area contributed by atoms with Crippen molar-refractivity contribution in [3.05, 3.63) is 35.0 Å². The van der Waals surface area contributed by atoms with Gasteiger partial charge in [0.15, 0.2) is 0 Å². The molecule has 3 rings (SSSR count). The average Bonchev–Trinajstić information content (AvgIpc) is 2.89. The molecule has 0 bridgehead atoms. The molecule has 21 heavy (non-hydrogen) atoms. The minimum atomic E-state index is -0.856. The molecule has 1 aromatic heterocycles. The Morgan fingerprint density at radius 2 is 2.14 bits per heavy atom. The maximum atomic E-state index is 13.2. The summed E-state index contributed by atoms with van der Waals surface area (Å²) in [6, 6.07) is 6.16. The summed E-state index contributed by atoms with van der Waals surface area (Å²) in [5, 5.41) is 9.91. The number of hydrogen-bond donors (Lipinski definition) is 1. The van der Waals surface area contributed by atoms with Gasteiger partial charge in [-0.25, -0.2) is 4.39 Å². The summed E-state index contributed by atoms with van der Waals surface area (Å²) in [6.07, 6.45) is 1.30. The molecule has 0 saturated carbocycles. The molecule has 0 aliphatic carbocycles. The lowest BCUT2D eigenvalue weighted by Gasteiger charge is -2.30. The Morgan fingerprint density at radius 1 is 1.33 bits per heavy atom. The van der Waals surface area contributed by atoms with Crippen LogP contribution in [0.4, 0.5) is 4.39 Å². The van der Waals surface area contributed by atoms with Crippen molar-refractivity contribution in [1.29, 1.82) is 0 Å². The van der Waals surface area contributed by atoms with Crippen molar-refractivity contribution in [1.82, 2.24) is 4.90 Å². The highest BCUT2D eigenvalue weighted by molar-refractivity contribution is 7.20. The molecule has 1 aromatic carbocycles.